The number of amides is 1. The predicted molar refractivity (Wildman–Crippen MR) is 49.5 cm³/mol. The summed E-state index contributed by atoms with van der Waals surface area (Å²) in [5, 5.41) is 0. The van der Waals surface area contributed by atoms with E-state index < -0.39 is 11.9 Å². The van der Waals surface area contributed by atoms with Crippen LogP contribution < -0.4 is 0 Å². The highest BCUT2D eigenvalue weighted by Gasteiger charge is 2.33. The quantitative estimate of drug-likeness (QED) is 0.459. The van der Waals surface area contributed by atoms with Crippen molar-refractivity contribution in [1.82, 2.24) is 4.90 Å². The lowest BCUT2D eigenvalue weighted by Gasteiger charge is -2.35. The zero-order valence-electron chi connectivity index (χ0n) is 8.20. The summed E-state index contributed by atoms with van der Waals surface area (Å²) in [6, 6.07) is 0.282. The monoisotopic (exact) mass is 197 g/mol. The maximum atomic E-state index is 11.5. The van der Waals surface area contributed by atoms with Crippen molar-refractivity contribution in [3.05, 3.63) is 0 Å². The first kappa shape index (κ1) is 9.49. The number of morpholine rings is 1. The number of nitrogens with zero attached hydrogens (tertiary/aromatic N) is 1. The Morgan fingerprint density at radius 1 is 1.14 bits per heavy atom. The Hall–Kier alpha value is -1.06. The molecule has 78 valence electrons. The van der Waals surface area contributed by atoms with Crippen molar-refractivity contribution in [2.75, 3.05) is 13.2 Å². The standard InChI is InChI=1S/C10H15NO3/c12-9-10(13)14-7-6-11(9)8-4-2-1-3-5-8/h8H,1-7H2. The lowest BCUT2D eigenvalue weighted by molar-refractivity contribution is -0.168. The van der Waals surface area contributed by atoms with Crippen LogP contribution in [0.15, 0.2) is 0 Å². The van der Waals surface area contributed by atoms with Crippen molar-refractivity contribution in [1.29, 1.82) is 0 Å². The summed E-state index contributed by atoms with van der Waals surface area (Å²) in [5.41, 5.74) is 0. The van der Waals surface area contributed by atoms with Crippen LogP contribution >= 0.6 is 0 Å². The Labute approximate surface area is 83.2 Å². The molecule has 1 aliphatic heterocycles. The highest BCUT2D eigenvalue weighted by molar-refractivity contribution is 6.32. The molecule has 2 fully saturated rings. The molecule has 14 heavy (non-hydrogen) atoms. The number of carbonyl (C=O) groups is 2. The summed E-state index contributed by atoms with van der Waals surface area (Å²) in [6.07, 6.45) is 5.67. The summed E-state index contributed by atoms with van der Waals surface area (Å²) in [7, 11) is 0. The molecule has 0 N–H and O–H groups in total. The normalized spacial score (nSPS) is 25.0. The molecule has 1 heterocycles. The Morgan fingerprint density at radius 2 is 1.86 bits per heavy atom. The van der Waals surface area contributed by atoms with Crippen LogP contribution in [0, 0.1) is 0 Å². The van der Waals surface area contributed by atoms with Gasteiger partial charge < -0.3 is 9.64 Å². The second kappa shape index (κ2) is 3.98. The van der Waals surface area contributed by atoms with Gasteiger partial charge in [0.1, 0.15) is 6.61 Å². The molecular formula is C10H15NO3. The van der Waals surface area contributed by atoms with Crippen molar-refractivity contribution in [3.63, 3.8) is 0 Å². The van der Waals surface area contributed by atoms with Crippen LogP contribution in [0.25, 0.3) is 0 Å². The number of carbonyl (C=O) groups excluding carboxylic acids is 2. The lowest BCUT2D eigenvalue weighted by Crippen LogP contribution is -2.50. The number of cyclic esters (lactones) is 1. The van der Waals surface area contributed by atoms with Gasteiger partial charge in [0.05, 0.1) is 6.54 Å². The van der Waals surface area contributed by atoms with Crippen LogP contribution in [0.2, 0.25) is 0 Å². The first-order chi connectivity index (χ1) is 6.79. The molecule has 0 aromatic heterocycles. The largest absolute Gasteiger partial charge is 0.457 e. The molecule has 2 aliphatic rings. The van der Waals surface area contributed by atoms with Gasteiger partial charge in [-0.05, 0) is 12.8 Å². The molecule has 1 saturated carbocycles. The molecule has 4 heteroatoms. The van der Waals surface area contributed by atoms with Gasteiger partial charge in [0.2, 0.25) is 0 Å². The SMILES string of the molecule is O=C1OCCN(C2CCCCC2)C1=O. The van der Waals surface area contributed by atoms with Crippen molar-refractivity contribution >= 4 is 11.9 Å². The molecule has 0 aromatic carbocycles. The molecule has 0 radical (unpaired) electrons. The Balaban J connectivity index is 2.00. The van der Waals surface area contributed by atoms with Crippen LogP contribution in [0.1, 0.15) is 32.1 Å². The molecule has 4 nitrogen and oxygen atoms in total. The second-order valence-electron chi connectivity index (χ2n) is 3.93. The average molecular weight is 197 g/mol. The van der Waals surface area contributed by atoms with Crippen molar-refractivity contribution < 1.29 is 14.3 Å². The van der Waals surface area contributed by atoms with Crippen LogP contribution in [-0.4, -0.2) is 36.0 Å². The molecule has 0 atom stereocenters. The van der Waals surface area contributed by atoms with Crippen LogP contribution in [0.4, 0.5) is 0 Å². The van der Waals surface area contributed by atoms with Crippen molar-refractivity contribution in [2.45, 2.75) is 38.1 Å². The summed E-state index contributed by atoms with van der Waals surface area (Å²) < 4.78 is 4.68. The summed E-state index contributed by atoms with van der Waals surface area (Å²) in [5.74, 6) is -1.12. The second-order valence-corrected chi connectivity index (χ2v) is 3.93. The molecule has 1 amide bonds. The minimum absolute atomic E-state index is 0.282. The molecule has 0 spiro atoms. The van der Waals surface area contributed by atoms with Gasteiger partial charge in [-0.3, -0.25) is 4.79 Å². The van der Waals surface area contributed by atoms with Gasteiger partial charge in [0.25, 0.3) is 0 Å². The fraction of sp³-hybridized carbons (Fsp3) is 0.800. The fourth-order valence-electron chi connectivity index (χ4n) is 2.26. The van der Waals surface area contributed by atoms with Gasteiger partial charge in [-0.1, -0.05) is 19.3 Å². The fourth-order valence-corrected chi connectivity index (χ4v) is 2.26. The maximum Gasteiger partial charge on any atom is 0.397 e. The third-order valence-corrected chi connectivity index (χ3v) is 3.02. The minimum Gasteiger partial charge on any atom is -0.457 e. The smallest absolute Gasteiger partial charge is 0.397 e. The summed E-state index contributed by atoms with van der Waals surface area (Å²) in [6.45, 7) is 0.941. The van der Waals surface area contributed by atoms with E-state index in [-0.39, 0.29) is 6.04 Å². The molecule has 0 unspecified atom stereocenters. The topological polar surface area (TPSA) is 46.6 Å². The van der Waals surface area contributed by atoms with Gasteiger partial charge in [-0.25, -0.2) is 4.79 Å². The third-order valence-electron chi connectivity index (χ3n) is 3.02. The van der Waals surface area contributed by atoms with Crippen LogP contribution in [0.3, 0.4) is 0 Å². The van der Waals surface area contributed by atoms with Crippen LogP contribution in [0.5, 0.6) is 0 Å². The van der Waals surface area contributed by atoms with E-state index in [1.54, 1.807) is 4.90 Å². The minimum atomic E-state index is -0.679. The van der Waals surface area contributed by atoms with E-state index in [0.29, 0.717) is 13.2 Å². The zero-order chi connectivity index (χ0) is 9.97. The number of hydrogen-bond donors (Lipinski definition) is 0. The van der Waals surface area contributed by atoms with E-state index in [1.807, 2.05) is 0 Å². The first-order valence-corrected chi connectivity index (χ1v) is 5.27. The maximum absolute atomic E-state index is 11.5. The molecule has 0 aromatic rings. The highest BCUT2D eigenvalue weighted by atomic mass is 16.5. The van der Waals surface area contributed by atoms with Gasteiger partial charge in [-0.15, -0.1) is 0 Å². The van der Waals surface area contributed by atoms with Crippen LogP contribution in [-0.2, 0) is 14.3 Å². The number of ether oxygens (including phenoxy) is 1. The molecule has 2 rings (SSSR count). The van der Waals surface area contributed by atoms with E-state index in [0.717, 1.165) is 12.8 Å². The Morgan fingerprint density at radius 3 is 2.57 bits per heavy atom. The summed E-state index contributed by atoms with van der Waals surface area (Å²) in [4.78, 5) is 24.2. The zero-order valence-corrected chi connectivity index (χ0v) is 8.20. The average Bonchev–Trinajstić information content (AvgIpc) is 2.23. The molecular weight excluding hydrogens is 182 g/mol. The molecule has 1 aliphatic carbocycles. The lowest BCUT2D eigenvalue weighted by atomic mass is 9.94. The van der Waals surface area contributed by atoms with E-state index in [1.165, 1.54) is 19.3 Å². The highest BCUT2D eigenvalue weighted by Crippen LogP contribution is 2.23. The summed E-state index contributed by atoms with van der Waals surface area (Å²) >= 11 is 0. The van der Waals surface area contributed by atoms with E-state index in [2.05, 4.69) is 4.74 Å². The number of rotatable bonds is 1. The van der Waals surface area contributed by atoms with Crippen molar-refractivity contribution in [3.8, 4) is 0 Å². The van der Waals surface area contributed by atoms with Gasteiger partial charge in [-0.2, -0.15) is 0 Å². The Bertz CT molecular complexity index is 246. The predicted octanol–water partition coefficient (Wildman–Crippen LogP) is 0.704. The Kier molecular flexibility index (Phi) is 2.70. The van der Waals surface area contributed by atoms with Crippen molar-refractivity contribution in [2.24, 2.45) is 0 Å². The van der Waals surface area contributed by atoms with Gasteiger partial charge in [0, 0.05) is 6.04 Å². The third kappa shape index (κ3) is 1.74. The first-order valence-electron chi connectivity index (χ1n) is 5.27. The number of hydrogen-bond acceptors (Lipinski definition) is 3. The van der Waals surface area contributed by atoms with E-state index >= 15 is 0 Å². The van der Waals surface area contributed by atoms with Gasteiger partial charge >= 0.3 is 11.9 Å². The molecule has 1 saturated heterocycles. The van der Waals surface area contributed by atoms with E-state index in [9.17, 15) is 9.59 Å². The number of esters is 1. The van der Waals surface area contributed by atoms with E-state index in [4.69, 9.17) is 0 Å². The molecule has 0 bridgehead atoms. The van der Waals surface area contributed by atoms with Gasteiger partial charge in [0.15, 0.2) is 0 Å².